The number of carbonyl (C=O) groups is 1. The summed E-state index contributed by atoms with van der Waals surface area (Å²) in [5.74, 6) is 0.0701. The number of hydrogen-bond donors (Lipinski definition) is 2. The van der Waals surface area contributed by atoms with E-state index in [1.54, 1.807) is 6.33 Å². The van der Waals surface area contributed by atoms with Crippen LogP contribution in [0.2, 0.25) is 0 Å². The molecule has 0 radical (unpaired) electrons. The molecule has 0 spiro atoms. The molecule has 0 unspecified atom stereocenters. The Hall–Kier alpha value is -1.84. The highest BCUT2D eigenvalue weighted by molar-refractivity contribution is 5.92. The van der Waals surface area contributed by atoms with Crippen molar-refractivity contribution in [1.29, 1.82) is 0 Å². The van der Waals surface area contributed by atoms with E-state index in [9.17, 15) is 4.79 Å². The Labute approximate surface area is 94.1 Å². The fourth-order valence-electron chi connectivity index (χ4n) is 1.57. The van der Waals surface area contributed by atoms with Gasteiger partial charge in [0.05, 0.1) is 17.4 Å². The maximum Gasteiger partial charge on any atom is 0.224 e. The minimum absolute atomic E-state index is 0.0701. The van der Waals surface area contributed by atoms with Crippen molar-refractivity contribution in [3.05, 3.63) is 24.5 Å². The standard InChI is InChI=1S/C12H15N3O/c1-2-3-4-12(16)15-9-5-6-10-11(7-9)14-8-13-10/h5-8H,2-4H2,1H3,(H,13,14)(H,15,16). The Morgan fingerprint density at radius 2 is 2.38 bits per heavy atom. The third-order valence-electron chi connectivity index (χ3n) is 2.46. The highest BCUT2D eigenvalue weighted by Gasteiger charge is 2.03. The maximum absolute atomic E-state index is 11.5. The van der Waals surface area contributed by atoms with Crippen LogP contribution < -0.4 is 5.32 Å². The van der Waals surface area contributed by atoms with E-state index in [1.165, 1.54) is 0 Å². The zero-order valence-electron chi connectivity index (χ0n) is 9.29. The van der Waals surface area contributed by atoms with Crippen LogP contribution in [0, 0.1) is 0 Å². The van der Waals surface area contributed by atoms with Crippen LogP contribution in [-0.4, -0.2) is 15.9 Å². The van der Waals surface area contributed by atoms with Crippen molar-refractivity contribution in [3.63, 3.8) is 0 Å². The average Bonchev–Trinajstić information content (AvgIpc) is 2.73. The number of nitrogens with one attached hydrogen (secondary N) is 2. The van der Waals surface area contributed by atoms with E-state index in [-0.39, 0.29) is 5.91 Å². The minimum Gasteiger partial charge on any atom is -0.345 e. The summed E-state index contributed by atoms with van der Waals surface area (Å²) in [6, 6.07) is 5.65. The molecule has 2 N–H and O–H groups in total. The molecule has 1 aromatic heterocycles. The van der Waals surface area contributed by atoms with Crippen LogP contribution >= 0.6 is 0 Å². The van der Waals surface area contributed by atoms with Crippen LogP contribution in [0.4, 0.5) is 5.69 Å². The predicted octanol–water partition coefficient (Wildman–Crippen LogP) is 2.69. The SMILES string of the molecule is CCCCC(=O)Nc1ccc2nc[nH]c2c1. The molecule has 4 nitrogen and oxygen atoms in total. The number of rotatable bonds is 4. The smallest absolute Gasteiger partial charge is 0.224 e. The van der Waals surface area contributed by atoms with Gasteiger partial charge in [0.2, 0.25) is 5.91 Å². The van der Waals surface area contributed by atoms with E-state index in [4.69, 9.17) is 0 Å². The lowest BCUT2D eigenvalue weighted by Crippen LogP contribution is -2.10. The van der Waals surface area contributed by atoms with Gasteiger partial charge in [0.1, 0.15) is 0 Å². The molecule has 0 saturated heterocycles. The van der Waals surface area contributed by atoms with Crippen molar-refractivity contribution < 1.29 is 4.79 Å². The molecule has 84 valence electrons. The summed E-state index contributed by atoms with van der Waals surface area (Å²) < 4.78 is 0. The summed E-state index contributed by atoms with van der Waals surface area (Å²) >= 11 is 0. The summed E-state index contributed by atoms with van der Waals surface area (Å²) in [4.78, 5) is 18.6. The van der Waals surface area contributed by atoms with Gasteiger partial charge in [-0.25, -0.2) is 4.98 Å². The number of aromatic nitrogens is 2. The second-order valence-corrected chi connectivity index (χ2v) is 3.79. The fourth-order valence-corrected chi connectivity index (χ4v) is 1.57. The molecule has 0 aliphatic carbocycles. The number of anilines is 1. The number of hydrogen-bond acceptors (Lipinski definition) is 2. The van der Waals surface area contributed by atoms with Crippen molar-refractivity contribution in [2.45, 2.75) is 26.2 Å². The minimum atomic E-state index is 0.0701. The second kappa shape index (κ2) is 4.79. The van der Waals surface area contributed by atoms with Gasteiger partial charge in [0.25, 0.3) is 0 Å². The first-order valence-corrected chi connectivity index (χ1v) is 5.52. The third kappa shape index (κ3) is 2.39. The first-order chi connectivity index (χ1) is 7.79. The van der Waals surface area contributed by atoms with Crippen LogP contribution in [0.1, 0.15) is 26.2 Å². The predicted molar refractivity (Wildman–Crippen MR) is 64.2 cm³/mol. The number of carbonyl (C=O) groups excluding carboxylic acids is 1. The Morgan fingerprint density at radius 1 is 1.50 bits per heavy atom. The molecule has 0 bridgehead atoms. The maximum atomic E-state index is 11.5. The van der Waals surface area contributed by atoms with Gasteiger partial charge in [0.15, 0.2) is 0 Å². The van der Waals surface area contributed by atoms with Crippen molar-refractivity contribution in [2.24, 2.45) is 0 Å². The van der Waals surface area contributed by atoms with E-state index in [0.717, 1.165) is 29.6 Å². The van der Waals surface area contributed by atoms with Crippen LogP contribution in [0.5, 0.6) is 0 Å². The van der Waals surface area contributed by atoms with Crippen LogP contribution in [0.25, 0.3) is 11.0 Å². The van der Waals surface area contributed by atoms with Crippen LogP contribution in [0.15, 0.2) is 24.5 Å². The Bertz CT molecular complexity index is 490. The molecule has 1 aromatic carbocycles. The summed E-state index contributed by atoms with van der Waals surface area (Å²) in [5, 5.41) is 2.87. The highest BCUT2D eigenvalue weighted by atomic mass is 16.1. The number of unbranched alkanes of at least 4 members (excludes halogenated alkanes) is 1. The van der Waals surface area contributed by atoms with E-state index < -0.39 is 0 Å². The normalized spacial score (nSPS) is 10.6. The van der Waals surface area contributed by atoms with E-state index >= 15 is 0 Å². The molecule has 0 aliphatic rings. The van der Waals surface area contributed by atoms with Crippen molar-refractivity contribution in [3.8, 4) is 0 Å². The quantitative estimate of drug-likeness (QED) is 0.827. The fraction of sp³-hybridized carbons (Fsp3) is 0.333. The molecule has 2 rings (SSSR count). The number of amides is 1. The van der Waals surface area contributed by atoms with Gasteiger partial charge < -0.3 is 10.3 Å². The number of aromatic amines is 1. The molecule has 1 heterocycles. The summed E-state index contributed by atoms with van der Waals surface area (Å²) in [7, 11) is 0. The molecule has 0 saturated carbocycles. The molecule has 0 atom stereocenters. The van der Waals surface area contributed by atoms with E-state index in [2.05, 4.69) is 22.2 Å². The van der Waals surface area contributed by atoms with Crippen LogP contribution in [0.3, 0.4) is 0 Å². The van der Waals surface area contributed by atoms with Gasteiger partial charge in [0, 0.05) is 12.1 Å². The molecule has 0 fully saturated rings. The van der Waals surface area contributed by atoms with Crippen molar-refractivity contribution in [2.75, 3.05) is 5.32 Å². The Morgan fingerprint density at radius 3 is 3.19 bits per heavy atom. The van der Waals surface area contributed by atoms with Crippen molar-refractivity contribution in [1.82, 2.24) is 9.97 Å². The molecule has 2 aromatic rings. The van der Waals surface area contributed by atoms with Gasteiger partial charge in [-0.05, 0) is 24.6 Å². The van der Waals surface area contributed by atoms with E-state index in [1.807, 2.05) is 18.2 Å². The largest absolute Gasteiger partial charge is 0.345 e. The summed E-state index contributed by atoms with van der Waals surface area (Å²) in [6.45, 7) is 2.07. The molecular weight excluding hydrogens is 202 g/mol. The van der Waals surface area contributed by atoms with E-state index in [0.29, 0.717) is 6.42 Å². The van der Waals surface area contributed by atoms with Gasteiger partial charge >= 0.3 is 0 Å². The van der Waals surface area contributed by atoms with Gasteiger partial charge in [-0.2, -0.15) is 0 Å². The number of imidazole rings is 1. The van der Waals surface area contributed by atoms with Gasteiger partial charge in [-0.1, -0.05) is 13.3 Å². The molecular formula is C12H15N3O. The Kier molecular flexibility index (Phi) is 3.19. The Balaban J connectivity index is 2.06. The lowest BCUT2D eigenvalue weighted by molar-refractivity contribution is -0.116. The first kappa shape index (κ1) is 10.7. The lowest BCUT2D eigenvalue weighted by Gasteiger charge is -2.04. The number of fused-ring (bicyclic) bond motifs is 1. The monoisotopic (exact) mass is 217 g/mol. The molecule has 1 amide bonds. The average molecular weight is 217 g/mol. The first-order valence-electron chi connectivity index (χ1n) is 5.52. The molecule has 16 heavy (non-hydrogen) atoms. The van der Waals surface area contributed by atoms with Gasteiger partial charge in [-0.3, -0.25) is 4.79 Å². The molecule has 4 heteroatoms. The zero-order chi connectivity index (χ0) is 11.4. The third-order valence-corrected chi connectivity index (χ3v) is 2.46. The summed E-state index contributed by atoms with van der Waals surface area (Å²) in [6.07, 6.45) is 4.19. The topological polar surface area (TPSA) is 57.8 Å². The van der Waals surface area contributed by atoms with Crippen LogP contribution in [-0.2, 0) is 4.79 Å². The number of benzene rings is 1. The lowest BCUT2D eigenvalue weighted by atomic mass is 10.2. The zero-order valence-corrected chi connectivity index (χ0v) is 9.29. The highest BCUT2D eigenvalue weighted by Crippen LogP contribution is 2.15. The second-order valence-electron chi connectivity index (χ2n) is 3.79. The summed E-state index contributed by atoms with van der Waals surface area (Å²) in [5.41, 5.74) is 2.66. The van der Waals surface area contributed by atoms with Crippen molar-refractivity contribution >= 4 is 22.6 Å². The molecule has 0 aliphatic heterocycles. The number of H-pyrrole nitrogens is 1. The number of nitrogens with zero attached hydrogens (tertiary/aromatic N) is 1. The van der Waals surface area contributed by atoms with Gasteiger partial charge in [-0.15, -0.1) is 0 Å².